The Morgan fingerprint density at radius 3 is 2.68 bits per heavy atom. The van der Waals surface area contributed by atoms with Crippen molar-refractivity contribution in [3.8, 4) is 11.1 Å². The number of anilines is 1. The molecule has 0 saturated heterocycles. The lowest BCUT2D eigenvalue weighted by Gasteiger charge is -2.33. The molecule has 0 spiro atoms. The number of hydrogen-bond donors (Lipinski definition) is 2. The molecular weight excluding hydrogens is 472 g/mol. The number of nitrogens with zero attached hydrogens (tertiary/aromatic N) is 3. The van der Waals surface area contributed by atoms with Crippen LogP contribution in [-0.4, -0.2) is 43.6 Å². The predicted octanol–water partition coefficient (Wildman–Crippen LogP) is 6.57. The van der Waals surface area contributed by atoms with Gasteiger partial charge < -0.3 is 15.7 Å². The average molecular weight is 515 g/mol. The molecule has 0 aromatic heterocycles. The van der Waals surface area contributed by atoms with Crippen molar-refractivity contribution in [2.75, 3.05) is 25.1 Å². The number of primary amides is 1. The van der Waals surface area contributed by atoms with Crippen molar-refractivity contribution in [3.05, 3.63) is 41.0 Å². The molecule has 2 aromatic carbocycles. The number of carbonyl (C=O) groups is 1. The second kappa shape index (κ2) is 11.4. The summed E-state index contributed by atoms with van der Waals surface area (Å²) in [5, 5.41) is 9.60. The number of aliphatic imine (C=N–C) groups is 2. The molecule has 3 N–H and O–H groups in total. The number of nitrogens with two attached hydrogens (primary N) is 1. The Kier molecular flexibility index (Phi) is 7.98. The Hall–Kier alpha value is -2.99. The van der Waals surface area contributed by atoms with Gasteiger partial charge in [0, 0.05) is 31.9 Å². The standard InChI is InChI=1S/C32H42N4O2/c1-4-21-12-13-34-31-29(21)26(18-28(30(31)32(33)38)36(3)14-15-37)23-10-11-24-16-25(19-35-27(24)17-23)20(2)22-8-6-5-7-9-22/h10-11,13,17-22,25,37H,4-9,12,14-16H2,1-3H3,(H2,33,38). The lowest BCUT2D eigenvalue weighted by atomic mass is 9.73. The number of amides is 1. The van der Waals surface area contributed by atoms with Gasteiger partial charge in [-0.3, -0.25) is 14.8 Å². The highest BCUT2D eigenvalue weighted by atomic mass is 16.3. The largest absolute Gasteiger partial charge is 0.395 e. The van der Waals surface area contributed by atoms with Crippen LogP contribution in [-0.2, 0) is 6.42 Å². The summed E-state index contributed by atoms with van der Waals surface area (Å²) in [6.07, 6.45) is 13.8. The number of carbonyl (C=O) groups excluding carboxylic acids is 1. The summed E-state index contributed by atoms with van der Waals surface area (Å²) in [5.74, 6) is 1.74. The molecule has 6 nitrogen and oxygen atoms in total. The number of benzene rings is 2. The molecule has 2 heterocycles. The average Bonchev–Trinajstić information content (AvgIpc) is 2.95. The maximum absolute atomic E-state index is 12.7. The first-order chi connectivity index (χ1) is 18.4. The van der Waals surface area contributed by atoms with Gasteiger partial charge in [0.2, 0.25) is 0 Å². The third-order valence-electron chi connectivity index (χ3n) is 9.25. The van der Waals surface area contributed by atoms with Crippen LogP contribution in [0.3, 0.4) is 0 Å². The number of fused-ring (bicyclic) bond motifs is 2. The number of aliphatic hydroxyl groups excluding tert-OH is 1. The van der Waals surface area contributed by atoms with E-state index in [1.807, 2.05) is 18.2 Å². The smallest absolute Gasteiger partial charge is 0.253 e. The van der Waals surface area contributed by atoms with Crippen molar-refractivity contribution in [1.82, 2.24) is 0 Å². The molecule has 3 aliphatic rings. The Bertz CT molecular complexity index is 1240. The van der Waals surface area contributed by atoms with Crippen LogP contribution in [0.5, 0.6) is 0 Å². The van der Waals surface area contributed by atoms with Gasteiger partial charge in [0.05, 0.1) is 29.2 Å². The fourth-order valence-corrected chi connectivity index (χ4v) is 6.87. The number of likely N-dealkylation sites (N-methyl/N-ethyl adjacent to an activating group) is 1. The van der Waals surface area contributed by atoms with Gasteiger partial charge in [0.25, 0.3) is 5.91 Å². The maximum Gasteiger partial charge on any atom is 0.253 e. The molecule has 6 heteroatoms. The van der Waals surface area contributed by atoms with E-state index in [1.54, 1.807) is 0 Å². The SMILES string of the molecule is CCC1CC=Nc2c(C(N)=O)c(N(C)CCO)cc(-c3ccc4c(c3)N=CC(C(C)C3CCCCC3)C4)c21. The van der Waals surface area contributed by atoms with Crippen LogP contribution < -0.4 is 10.6 Å². The fraction of sp³-hybridized carbons (Fsp3) is 0.531. The Morgan fingerprint density at radius 2 is 1.97 bits per heavy atom. The van der Waals surface area contributed by atoms with E-state index in [0.29, 0.717) is 35.3 Å². The van der Waals surface area contributed by atoms with Gasteiger partial charge in [-0.25, -0.2) is 0 Å². The van der Waals surface area contributed by atoms with E-state index in [-0.39, 0.29) is 12.5 Å². The molecule has 0 bridgehead atoms. The third-order valence-corrected chi connectivity index (χ3v) is 9.25. The zero-order valence-corrected chi connectivity index (χ0v) is 23.1. The van der Waals surface area contributed by atoms with Crippen molar-refractivity contribution in [2.24, 2.45) is 33.5 Å². The van der Waals surface area contributed by atoms with Crippen LogP contribution in [0.15, 0.2) is 34.3 Å². The molecule has 1 aliphatic carbocycles. The zero-order valence-electron chi connectivity index (χ0n) is 23.1. The molecule has 3 unspecified atom stereocenters. The lowest BCUT2D eigenvalue weighted by molar-refractivity contribution is 0.100. The highest BCUT2D eigenvalue weighted by Crippen LogP contribution is 2.48. The van der Waals surface area contributed by atoms with Crippen molar-refractivity contribution < 1.29 is 9.90 Å². The summed E-state index contributed by atoms with van der Waals surface area (Å²) in [6.45, 7) is 4.98. The van der Waals surface area contributed by atoms with Gasteiger partial charge in [0.1, 0.15) is 0 Å². The topological polar surface area (TPSA) is 91.3 Å². The van der Waals surface area contributed by atoms with Gasteiger partial charge in [-0.15, -0.1) is 0 Å². The van der Waals surface area contributed by atoms with Crippen LogP contribution in [0.2, 0.25) is 0 Å². The number of rotatable bonds is 8. The Labute approximate surface area is 227 Å². The second-order valence-corrected chi connectivity index (χ2v) is 11.5. The van der Waals surface area contributed by atoms with E-state index in [9.17, 15) is 9.90 Å². The number of aliphatic hydroxyl groups is 1. The molecule has 2 aliphatic heterocycles. The first-order valence-corrected chi connectivity index (χ1v) is 14.5. The van der Waals surface area contributed by atoms with Gasteiger partial charge in [-0.2, -0.15) is 0 Å². The van der Waals surface area contributed by atoms with E-state index in [1.165, 1.54) is 37.7 Å². The minimum Gasteiger partial charge on any atom is -0.395 e. The van der Waals surface area contributed by atoms with Crippen LogP contribution in [0.1, 0.15) is 86.2 Å². The van der Waals surface area contributed by atoms with Crippen molar-refractivity contribution >= 4 is 35.4 Å². The van der Waals surface area contributed by atoms with Crippen LogP contribution >= 0.6 is 0 Å². The molecule has 1 amide bonds. The second-order valence-electron chi connectivity index (χ2n) is 11.5. The van der Waals surface area contributed by atoms with Crippen LogP contribution in [0.4, 0.5) is 17.1 Å². The highest BCUT2D eigenvalue weighted by Gasteiger charge is 2.31. The predicted molar refractivity (Wildman–Crippen MR) is 158 cm³/mol. The van der Waals surface area contributed by atoms with E-state index < -0.39 is 5.91 Å². The van der Waals surface area contributed by atoms with Crippen molar-refractivity contribution in [2.45, 2.75) is 71.1 Å². The minimum absolute atomic E-state index is 0.0179. The van der Waals surface area contributed by atoms with Crippen molar-refractivity contribution in [1.29, 1.82) is 0 Å². The molecule has 1 saturated carbocycles. The molecule has 3 atom stereocenters. The molecule has 5 rings (SSSR count). The van der Waals surface area contributed by atoms with E-state index >= 15 is 0 Å². The van der Waals surface area contributed by atoms with Gasteiger partial charge in [0.15, 0.2) is 0 Å². The van der Waals surface area contributed by atoms with E-state index in [0.717, 1.165) is 47.6 Å². The van der Waals surface area contributed by atoms with Gasteiger partial charge >= 0.3 is 0 Å². The Balaban J connectivity index is 1.56. The molecule has 0 radical (unpaired) electrons. The monoisotopic (exact) mass is 514 g/mol. The third kappa shape index (κ3) is 5.03. The summed E-state index contributed by atoms with van der Waals surface area (Å²) >= 11 is 0. The molecule has 202 valence electrons. The summed E-state index contributed by atoms with van der Waals surface area (Å²) in [5.41, 5.74) is 13.3. The lowest BCUT2D eigenvalue weighted by Crippen LogP contribution is -2.27. The van der Waals surface area contributed by atoms with Gasteiger partial charge in [-0.1, -0.05) is 58.1 Å². The van der Waals surface area contributed by atoms with Crippen LogP contribution in [0, 0.1) is 17.8 Å². The molecular formula is C32H42N4O2. The highest BCUT2D eigenvalue weighted by molar-refractivity contribution is 6.07. The van der Waals surface area contributed by atoms with Crippen molar-refractivity contribution in [3.63, 3.8) is 0 Å². The first kappa shape index (κ1) is 26.6. The van der Waals surface area contributed by atoms with Gasteiger partial charge in [-0.05, 0) is 71.4 Å². The minimum atomic E-state index is -0.491. The summed E-state index contributed by atoms with van der Waals surface area (Å²) < 4.78 is 0. The number of hydrogen-bond acceptors (Lipinski definition) is 5. The molecule has 38 heavy (non-hydrogen) atoms. The summed E-state index contributed by atoms with van der Waals surface area (Å²) in [7, 11) is 1.88. The fourth-order valence-electron chi connectivity index (χ4n) is 6.87. The van der Waals surface area contributed by atoms with E-state index in [4.69, 9.17) is 15.7 Å². The zero-order chi connectivity index (χ0) is 26.8. The molecule has 1 fully saturated rings. The first-order valence-electron chi connectivity index (χ1n) is 14.5. The van der Waals surface area contributed by atoms with E-state index in [2.05, 4.69) is 44.3 Å². The maximum atomic E-state index is 12.7. The molecule has 2 aromatic rings. The normalized spacial score (nSPS) is 21.6. The quantitative estimate of drug-likeness (QED) is 0.417. The summed E-state index contributed by atoms with van der Waals surface area (Å²) in [4.78, 5) is 24.3. The summed E-state index contributed by atoms with van der Waals surface area (Å²) in [6, 6.07) is 8.73. The van der Waals surface area contributed by atoms with Crippen LogP contribution in [0.25, 0.3) is 11.1 Å². The Morgan fingerprint density at radius 1 is 1.18 bits per heavy atom.